The van der Waals surface area contributed by atoms with Gasteiger partial charge in [-0.2, -0.15) is 5.48 Å². The summed E-state index contributed by atoms with van der Waals surface area (Å²) in [6.07, 6.45) is 0. The minimum Gasteiger partial charge on any atom is -0.493 e. The van der Waals surface area contributed by atoms with E-state index in [9.17, 15) is 0 Å². The molecule has 0 aliphatic rings. The van der Waals surface area contributed by atoms with Gasteiger partial charge in [-0.05, 0) is 33.6 Å². The standard InChI is InChI=1S/C12H18BrNO4/c1-15-4-5-18-14-8-9-6-10(13)12(17-3)11(7-9)16-2/h6-7,14H,4-5,8H2,1-3H3. The molecule has 1 aromatic rings. The molecule has 0 amide bonds. The van der Waals surface area contributed by atoms with E-state index in [1.54, 1.807) is 21.3 Å². The highest BCUT2D eigenvalue weighted by molar-refractivity contribution is 9.10. The number of methoxy groups -OCH3 is 3. The fraction of sp³-hybridized carbons (Fsp3) is 0.500. The highest BCUT2D eigenvalue weighted by atomic mass is 79.9. The van der Waals surface area contributed by atoms with Crippen LogP contribution in [-0.2, 0) is 16.1 Å². The van der Waals surface area contributed by atoms with E-state index < -0.39 is 0 Å². The molecule has 0 saturated heterocycles. The first-order valence-electron chi connectivity index (χ1n) is 5.47. The molecule has 0 aromatic heterocycles. The maximum Gasteiger partial charge on any atom is 0.174 e. The van der Waals surface area contributed by atoms with Gasteiger partial charge in [-0.15, -0.1) is 0 Å². The number of hydrogen-bond acceptors (Lipinski definition) is 5. The first-order chi connectivity index (χ1) is 8.72. The Bertz CT molecular complexity index is 373. The first-order valence-corrected chi connectivity index (χ1v) is 6.26. The minimum absolute atomic E-state index is 0.505. The van der Waals surface area contributed by atoms with E-state index in [1.165, 1.54) is 0 Å². The van der Waals surface area contributed by atoms with Crippen LogP contribution < -0.4 is 15.0 Å². The lowest BCUT2D eigenvalue weighted by Crippen LogP contribution is -2.17. The van der Waals surface area contributed by atoms with Gasteiger partial charge in [0, 0.05) is 13.7 Å². The minimum atomic E-state index is 0.505. The molecular weight excluding hydrogens is 302 g/mol. The molecule has 1 aromatic carbocycles. The van der Waals surface area contributed by atoms with Crippen molar-refractivity contribution in [3.05, 3.63) is 22.2 Å². The molecule has 6 heteroatoms. The molecule has 5 nitrogen and oxygen atoms in total. The number of rotatable bonds is 8. The molecular formula is C12H18BrNO4. The molecule has 0 unspecified atom stereocenters. The number of benzene rings is 1. The van der Waals surface area contributed by atoms with Gasteiger partial charge < -0.3 is 14.2 Å². The summed E-state index contributed by atoms with van der Waals surface area (Å²) in [7, 11) is 4.85. The molecule has 0 fully saturated rings. The summed E-state index contributed by atoms with van der Waals surface area (Å²) in [6.45, 7) is 1.64. The quantitative estimate of drug-likeness (QED) is 0.587. The van der Waals surface area contributed by atoms with Gasteiger partial charge in [0.25, 0.3) is 0 Å². The van der Waals surface area contributed by atoms with Crippen molar-refractivity contribution in [2.24, 2.45) is 0 Å². The topological polar surface area (TPSA) is 49.0 Å². The Labute approximate surface area is 115 Å². The van der Waals surface area contributed by atoms with Gasteiger partial charge in [0.15, 0.2) is 11.5 Å². The number of halogens is 1. The van der Waals surface area contributed by atoms with Crippen LogP contribution in [0.15, 0.2) is 16.6 Å². The second-order valence-electron chi connectivity index (χ2n) is 3.48. The lowest BCUT2D eigenvalue weighted by atomic mass is 10.2. The summed E-state index contributed by atoms with van der Waals surface area (Å²) < 4.78 is 16.2. The van der Waals surface area contributed by atoms with Gasteiger partial charge in [0.2, 0.25) is 0 Å². The highest BCUT2D eigenvalue weighted by Crippen LogP contribution is 2.36. The number of nitrogens with one attached hydrogen (secondary N) is 1. The lowest BCUT2D eigenvalue weighted by Gasteiger charge is -2.12. The Morgan fingerprint density at radius 3 is 2.50 bits per heavy atom. The van der Waals surface area contributed by atoms with Crippen molar-refractivity contribution in [3.8, 4) is 11.5 Å². The second-order valence-corrected chi connectivity index (χ2v) is 4.33. The van der Waals surface area contributed by atoms with E-state index in [0.29, 0.717) is 31.3 Å². The Balaban J connectivity index is 2.58. The highest BCUT2D eigenvalue weighted by Gasteiger charge is 2.10. The third-order valence-electron chi connectivity index (χ3n) is 2.26. The van der Waals surface area contributed by atoms with E-state index in [4.69, 9.17) is 19.0 Å². The van der Waals surface area contributed by atoms with Gasteiger partial charge in [-0.25, -0.2) is 0 Å². The van der Waals surface area contributed by atoms with Crippen LogP contribution in [0, 0.1) is 0 Å². The van der Waals surface area contributed by atoms with Crippen LogP contribution in [0.2, 0.25) is 0 Å². The lowest BCUT2D eigenvalue weighted by molar-refractivity contribution is 0.00343. The molecule has 0 saturated carbocycles. The van der Waals surface area contributed by atoms with Crippen LogP contribution in [0.5, 0.6) is 11.5 Å². The summed E-state index contributed by atoms with van der Waals surface area (Å²) in [5.41, 5.74) is 3.88. The largest absolute Gasteiger partial charge is 0.493 e. The predicted octanol–water partition coefficient (Wildman–Crippen LogP) is 2.13. The SMILES string of the molecule is COCCONCc1cc(Br)c(OC)c(OC)c1. The normalized spacial score (nSPS) is 10.4. The van der Waals surface area contributed by atoms with Crippen molar-refractivity contribution < 1.29 is 19.0 Å². The molecule has 1 N–H and O–H groups in total. The summed E-state index contributed by atoms with van der Waals surface area (Å²) in [5.74, 6) is 1.36. The number of ether oxygens (including phenoxy) is 3. The monoisotopic (exact) mass is 319 g/mol. The second kappa shape index (κ2) is 8.31. The zero-order chi connectivity index (χ0) is 13.4. The summed E-state index contributed by atoms with van der Waals surface area (Å²) in [5, 5.41) is 0. The molecule has 1 rings (SSSR count). The Hall–Kier alpha value is -0.820. The molecule has 0 aliphatic carbocycles. The van der Waals surface area contributed by atoms with Gasteiger partial charge >= 0.3 is 0 Å². The molecule has 0 atom stereocenters. The molecule has 0 radical (unpaired) electrons. The van der Waals surface area contributed by atoms with Crippen LogP contribution in [0.1, 0.15) is 5.56 Å². The smallest absolute Gasteiger partial charge is 0.174 e. The fourth-order valence-electron chi connectivity index (χ4n) is 1.40. The van der Waals surface area contributed by atoms with Crippen LogP contribution in [-0.4, -0.2) is 34.5 Å². The summed E-state index contributed by atoms with van der Waals surface area (Å²) in [6, 6.07) is 3.85. The van der Waals surface area contributed by atoms with Crippen molar-refractivity contribution in [2.45, 2.75) is 6.54 Å². The van der Waals surface area contributed by atoms with Crippen LogP contribution in [0.4, 0.5) is 0 Å². The fourth-order valence-corrected chi connectivity index (χ4v) is 2.06. The van der Waals surface area contributed by atoms with Gasteiger partial charge in [-0.3, -0.25) is 4.84 Å². The number of hydroxylamine groups is 1. The number of hydrogen-bond donors (Lipinski definition) is 1. The van der Waals surface area contributed by atoms with Crippen molar-refractivity contribution in [1.29, 1.82) is 0 Å². The Morgan fingerprint density at radius 1 is 1.11 bits per heavy atom. The molecule has 18 heavy (non-hydrogen) atoms. The molecule has 0 aliphatic heterocycles. The molecule has 0 spiro atoms. The molecule has 102 valence electrons. The average molecular weight is 320 g/mol. The van der Waals surface area contributed by atoms with Gasteiger partial charge in [0.05, 0.1) is 31.9 Å². The van der Waals surface area contributed by atoms with E-state index in [0.717, 1.165) is 10.0 Å². The molecule has 0 bridgehead atoms. The van der Waals surface area contributed by atoms with Crippen molar-refractivity contribution in [3.63, 3.8) is 0 Å². The maximum atomic E-state index is 5.26. The van der Waals surface area contributed by atoms with E-state index in [1.807, 2.05) is 12.1 Å². The van der Waals surface area contributed by atoms with Crippen LogP contribution in [0.25, 0.3) is 0 Å². The average Bonchev–Trinajstić information content (AvgIpc) is 2.37. The summed E-state index contributed by atoms with van der Waals surface area (Å²) in [4.78, 5) is 5.19. The third kappa shape index (κ3) is 4.45. The van der Waals surface area contributed by atoms with E-state index in [-0.39, 0.29) is 0 Å². The van der Waals surface area contributed by atoms with Gasteiger partial charge in [0.1, 0.15) is 0 Å². The third-order valence-corrected chi connectivity index (χ3v) is 2.85. The van der Waals surface area contributed by atoms with Crippen molar-refractivity contribution in [1.82, 2.24) is 5.48 Å². The Kier molecular flexibility index (Phi) is 7.04. The molecule has 0 heterocycles. The van der Waals surface area contributed by atoms with Crippen LogP contribution >= 0.6 is 15.9 Å². The zero-order valence-electron chi connectivity index (χ0n) is 10.8. The summed E-state index contributed by atoms with van der Waals surface area (Å²) >= 11 is 3.44. The Morgan fingerprint density at radius 2 is 1.89 bits per heavy atom. The maximum absolute atomic E-state index is 5.26. The first kappa shape index (κ1) is 15.2. The van der Waals surface area contributed by atoms with E-state index in [2.05, 4.69) is 21.4 Å². The van der Waals surface area contributed by atoms with Crippen molar-refractivity contribution in [2.75, 3.05) is 34.5 Å². The van der Waals surface area contributed by atoms with E-state index >= 15 is 0 Å². The predicted molar refractivity (Wildman–Crippen MR) is 71.9 cm³/mol. The zero-order valence-corrected chi connectivity index (χ0v) is 12.4. The van der Waals surface area contributed by atoms with Crippen LogP contribution in [0.3, 0.4) is 0 Å². The van der Waals surface area contributed by atoms with Crippen molar-refractivity contribution >= 4 is 15.9 Å². The van der Waals surface area contributed by atoms with Gasteiger partial charge in [-0.1, -0.05) is 0 Å².